The standard InChI is InChI=1S/C12H10Br2N2/c1-8-4-9(13)2-3-12(8)16-11-5-10(14)6-15-7-11/h2-7,16H,1H3. The van der Waals surface area contributed by atoms with Crippen LogP contribution in [0.1, 0.15) is 5.56 Å². The van der Waals surface area contributed by atoms with Crippen LogP contribution in [0.25, 0.3) is 0 Å². The summed E-state index contributed by atoms with van der Waals surface area (Å²) >= 11 is 6.84. The minimum atomic E-state index is 0.965. The van der Waals surface area contributed by atoms with Crippen molar-refractivity contribution < 1.29 is 0 Å². The number of halogens is 2. The molecule has 0 fully saturated rings. The number of benzene rings is 1. The molecule has 1 aromatic heterocycles. The average molecular weight is 342 g/mol. The molecule has 2 nitrogen and oxygen atoms in total. The van der Waals surface area contributed by atoms with Crippen molar-refractivity contribution in [1.82, 2.24) is 4.98 Å². The fourth-order valence-corrected chi connectivity index (χ4v) is 2.24. The molecular formula is C12H10Br2N2. The molecule has 0 aliphatic carbocycles. The van der Waals surface area contributed by atoms with E-state index in [-0.39, 0.29) is 0 Å². The molecule has 0 bridgehead atoms. The summed E-state index contributed by atoms with van der Waals surface area (Å²) in [6.45, 7) is 2.07. The van der Waals surface area contributed by atoms with Crippen molar-refractivity contribution in [1.29, 1.82) is 0 Å². The van der Waals surface area contributed by atoms with E-state index >= 15 is 0 Å². The summed E-state index contributed by atoms with van der Waals surface area (Å²) in [4.78, 5) is 4.11. The second-order valence-corrected chi connectivity index (χ2v) is 5.31. The van der Waals surface area contributed by atoms with Gasteiger partial charge in [-0.15, -0.1) is 0 Å². The van der Waals surface area contributed by atoms with E-state index in [0.717, 1.165) is 20.3 Å². The van der Waals surface area contributed by atoms with E-state index < -0.39 is 0 Å². The maximum absolute atomic E-state index is 4.11. The number of aromatic nitrogens is 1. The Balaban J connectivity index is 2.27. The molecule has 1 heterocycles. The predicted octanol–water partition coefficient (Wildman–Crippen LogP) is 4.66. The van der Waals surface area contributed by atoms with Crippen molar-refractivity contribution in [2.75, 3.05) is 5.32 Å². The van der Waals surface area contributed by atoms with Gasteiger partial charge in [0.05, 0.1) is 11.9 Å². The zero-order valence-electron chi connectivity index (χ0n) is 8.67. The van der Waals surface area contributed by atoms with Gasteiger partial charge in [-0.3, -0.25) is 4.98 Å². The van der Waals surface area contributed by atoms with Crippen LogP contribution >= 0.6 is 31.9 Å². The average Bonchev–Trinajstić information content (AvgIpc) is 2.22. The molecule has 0 spiro atoms. The van der Waals surface area contributed by atoms with E-state index in [1.165, 1.54) is 5.56 Å². The van der Waals surface area contributed by atoms with Crippen LogP contribution in [0, 0.1) is 6.92 Å². The van der Waals surface area contributed by atoms with Crippen molar-refractivity contribution in [3.8, 4) is 0 Å². The number of nitrogens with one attached hydrogen (secondary N) is 1. The number of hydrogen-bond acceptors (Lipinski definition) is 2. The van der Waals surface area contributed by atoms with Crippen molar-refractivity contribution in [3.63, 3.8) is 0 Å². The van der Waals surface area contributed by atoms with Crippen LogP contribution in [-0.2, 0) is 0 Å². The van der Waals surface area contributed by atoms with Crippen LogP contribution in [-0.4, -0.2) is 4.98 Å². The maximum atomic E-state index is 4.11. The SMILES string of the molecule is Cc1cc(Br)ccc1Nc1cncc(Br)c1. The summed E-state index contributed by atoms with van der Waals surface area (Å²) in [5, 5.41) is 3.33. The van der Waals surface area contributed by atoms with E-state index in [2.05, 4.69) is 55.2 Å². The molecular weight excluding hydrogens is 332 g/mol. The first kappa shape index (κ1) is 11.6. The van der Waals surface area contributed by atoms with Gasteiger partial charge in [0.2, 0.25) is 0 Å². The van der Waals surface area contributed by atoms with Gasteiger partial charge >= 0.3 is 0 Å². The molecule has 0 radical (unpaired) electrons. The number of nitrogens with zero attached hydrogens (tertiary/aromatic N) is 1. The molecule has 82 valence electrons. The normalized spacial score (nSPS) is 10.2. The molecule has 1 aromatic carbocycles. The van der Waals surface area contributed by atoms with Gasteiger partial charge in [-0.05, 0) is 52.7 Å². The van der Waals surface area contributed by atoms with E-state index in [4.69, 9.17) is 0 Å². The number of aryl methyl sites for hydroxylation is 1. The first-order valence-corrected chi connectivity index (χ1v) is 6.37. The van der Waals surface area contributed by atoms with Gasteiger partial charge in [0.15, 0.2) is 0 Å². The third-order valence-electron chi connectivity index (χ3n) is 2.17. The molecule has 2 aromatic rings. The molecule has 1 N–H and O–H groups in total. The van der Waals surface area contributed by atoms with Crippen LogP contribution in [0.5, 0.6) is 0 Å². The topological polar surface area (TPSA) is 24.9 Å². The highest BCUT2D eigenvalue weighted by Gasteiger charge is 2.00. The van der Waals surface area contributed by atoms with Crippen molar-refractivity contribution in [2.24, 2.45) is 0 Å². The van der Waals surface area contributed by atoms with Gasteiger partial charge in [0, 0.05) is 20.8 Å². The third kappa shape index (κ3) is 2.83. The van der Waals surface area contributed by atoms with Crippen LogP contribution < -0.4 is 5.32 Å². The highest BCUT2D eigenvalue weighted by Crippen LogP contribution is 2.24. The van der Waals surface area contributed by atoms with Crippen molar-refractivity contribution in [3.05, 3.63) is 51.2 Å². The molecule has 16 heavy (non-hydrogen) atoms. The number of anilines is 2. The molecule has 0 amide bonds. The highest BCUT2D eigenvalue weighted by molar-refractivity contribution is 9.10. The first-order chi connectivity index (χ1) is 7.65. The lowest BCUT2D eigenvalue weighted by molar-refractivity contribution is 1.30. The van der Waals surface area contributed by atoms with Crippen LogP contribution in [0.15, 0.2) is 45.6 Å². The molecule has 0 saturated heterocycles. The summed E-state index contributed by atoms with van der Waals surface area (Å²) in [6, 6.07) is 8.13. The molecule has 0 saturated carbocycles. The summed E-state index contributed by atoms with van der Waals surface area (Å²) < 4.78 is 2.05. The molecule has 0 unspecified atom stereocenters. The Hall–Kier alpha value is -0.870. The fraction of sp³-hybridized carbons (Fsp3) is 0.0833. The molecule has 0 atom stereocenters. The molecule has 2 rings (SSSR count). The van der Waals surface area contributed by atoms with E-state index in [9.17, 15) is 0 Å². The number of rotatable bonds is 2. The van der Waals surface area contributed by atoms with Gasteiger partial charge in [-0.25, -0.2) is 0 Å². The quantitative estimate of drug-likeness (QED) is 0.859. The largest absolute Gasteiger partial charge is 0.354 e. The fourth-order valence-electron chi connectivity index (χ4n) is 1.40. The number of hydrogen-bond donors (Lipinski definition) is 1. The monoisotopic (exact) mass is 340 g/mol. The van der Waals surface area contributed by atoms with Crippen molar-refractivity contribution in [2.45, 2.75) is 6.92 Å². The Kier molecular flexibility index (Phi) is 3.61. The summed E-state index contributed by atoms with van der Waals surface area (Å²) in [5.74, 6) is 0. The van der Waals surface area contributed by atoms with Gasteiger partial charge < -0.3 is 5.32 Å². The Labute approximate surface area is 111 Å². The summed E-state index contributed by atoms with van der Waals surface area (Å²) in [7, 11) is 0. The van der Waals surface area contributed by atoms with Gasteiger partial charge in [0.1, 0.15) is 0 Å². The predicted molar refractivity (Wildman–Crippen MR) is 74.1 cm³/mol. The Morgan fingerprint density at radius 2 is 1.88 bits per heavy atom. The lowest BCUT2D eigenvalue weighted by atomic mass is 10.2. The first-order valence-electron chi connectivity index (χ1n) is 4.79. The summed E-state index contributed by atoms with van der Waals surface area (Å²) in [6.07, 6.45) is 3.56. The minimum absolute atomic E-state index is 0.965. The minimum Gasteiger partial charge on any atom is -0.354 e. The smallest absolute Gasteiger partial charge is 0.0582 e. The zero-order chi connectivity index (χ0) is 11.5. The van der Waals surface area contributed by atoms with E-state index in [1.54, 1.807) is 12.4 Å². The zero-order valence-corrected chi connectivity index (χ0v) is 11.8. The molecule has 4 heteroatoms. The van der Waals surface area contributed by atoms with Gasteiger partial charge in [0.25, 0.3) is 0 Å². The Morgan fingerprint density at radius 3 is 2.56 bits per heavy atom. The van der Waals surface area contributed by atoms with E-state index in [1.807, 2.05) is 18.2 Å². The summed E-state index contributed by atoms with van der Waals surface area (Å²) in [5.41, 5.74) is 3.25. The maximum Gasteiger partial charge on any atom is 0.0582 e. The second-order valence-electron chi connectivity index (χ2n) is 3.48. The van der Waals surface area contributed by atoms with Crippen LogP contribution in [0.3, 0.4) is 0 Å². The lowest BCUT2D eigenvalue weighted by Gasteiger charge is -2.09. The molecule has 0 aliphatic rings. The second kappa shape index (κ2) is 4.97. The van der Waals surface area contributed by atoms with E-state index in [0.29, 0.717) is 0 Å². The van der Waals surface area contributed by atoms with Gasteiger partial charge in [-0.1, -0.05) is 15.9 Å². The lowest BCUT2D eigenvalue weighted by Crippen LogP contribution is -1.93. The third-order valence-corrected chi connectivity index (χ3v) is 3.10. The van der Waals surface area contributed by atoms with Crippen molar-refractivity contribution >= 4 is 43.2 Å². The Morgan fingerprint density at radius 1 is 1.06 bits per heavy atom. The highest BCUT2D eigenvalue weighted by atomic mass is 79.9. The number of pyridine rings is 1. The van der Waals surface area contributed by atoms with Crippen LogP contribution in [0.4, 0.5) is 11.4 Å². The Bertz CT molecular complexity index is 512. The van der Waals surface area contributed by atoms with Gasteiger partial charge in [-0.2, -0.15) is 0 Å². The van der Waals surface area contributed by atoms with Crippen LogP contribution in [0.2, 0.25) is 0 Å². The molecule has 0 aliphatic heterocycles.